The predicted octanol–water partition coefficient (Wildman–Crippen LogP) is 3.66. The Labute approximate surface area is 165 Å². The lowest BCUT2D eigenvalue weighted by Crippen LogP contribution is -2.49. The average Bonchev–Trinajstić information content (AvgIpc) is 2.68. The lowest BCUT2D eigenvalue weighted by atomic mass is 10.1. The molecule has 0 saturated heterocycles. The molecule has 0 aliphatic heterocycles. The van der Waals surface area contributed by atoms with Gasteiger partial charge in [-0.25, -0.2) is 0 Å². The molecule has 0 aliphatic rings. The normalized spacial score (nSPS) is 11.5. The lowest BCUT2D eigenvalue weighted by Gasteiger charge is -2.28. The van der Waals surface area contributed by atoms with E-state index in [1.54, 1.807) is 31.2 Å². The molecule has 0 aromatic heterocycles. The van der Waals surface area contributed by atoms with E-state index in [1.807, 2.05) is 37.3 Å². The van der Waals surface area contributed by atoms with Gasteiger partial charge in [0.05, 0.1) is 0 Å². The van der Waals surface area contributed by atoms with Crippen molar-refractivity contribution >= 4 is 23.4 Å². The molecule has 1 N–H and O–H groups in total. The van der Waals surface area contributed by atoms with Gasteiger partial charge in [-0.2, -0.15) is 0 Å². The molecular weight excluding hydrogens is 364 g/mol. The number of hydrogen-bond acceptors (Lipinski definition) is 3. The molecule has 0 fully saturated rings. The van der Waals surface area contributed by atoms with E-state index in [2.05, 4.69) is 5.32 Å². The Balaban J connectivity index is 2.11. The zero-order chi connectivity index (χ0) is 19.6. The smallest absolute Gasteiger partial charge is 0.261 e. The van der Waals surface area contributed by atoms with Gasteiger partial charge in [0.15, 0.2) is 6.61 Å². The van der Waals surface area contributed by atoms with E-state index in [1.165, 1.54) is 4.90 Å². The molecule has 6 heteroatoms. The Morgan fingerprint density at radius 1 is 1.15 bits per heavy atom. The first-order valence-corrected chi connectivity index (χ1v) is 9.38. The van der Waals surface area contributed by atoms with Gasteiger partial charge in [-0.3, -0.25) is 9.59 Å². The summed E-state index contributed by atoms with van der Waals surface area (Å²) < 4.78 is 5.57. The standard InChI is InChI=1S/C21H25ClN2O3/c1-3-12-23-21(26)16(2)24(14-17-8-7-9-18(22)13-17)20(25)15-27-19-10-5-4-6-11-19/h4-11,13,16H,3,12,14-15H2,1-2H3,(H,23,26)/t16-/m0/s1. The van der Waals surface area contributed by atoms with Gasteiger partial charge in [-0.15, -0.1) is 0 Å². The van der Waals surface area contributed by atoms with Gasteiger partial charge in [-0.1, -0.05) is 48.9 Å². The van der Waals surface area contributed by atoms with Crippen LogP contribution in [0.4, 0.5) is 0 Å². The minimum Gasteiger partial charge on any atom is -0.484 e. The maximum atomic E-state index is 12.8. The minimum atomic E-state index is -0.623. The number of halogens is 1. The number of nitrogens with zero attached hydrogens (tertiary/aromatic N) is 1. The molecule has 27 heavy (non-hydrogen) atoms. The first-order valence-electron chi connectivity index (χ1n) is 9.00. The average molecular weight is 389 g/mol. The lowest BCUT2D eigenvalue weighted by molar-refractivity contribution is -0.142. The highest BCUT2D eigenvalue weighted by Crippen LogP contribution is 2.15. The molecule has 2 aromatic rings. The summed E-state index contributed by atoms with van der Waals surface area (Å²) in [6.45, 7) is 4.40. The van der Waals surface area contributed by atoms with Crippen LogP contribution in [0, 0.1) is 0 Å². The van der Waals surface area contributed by atoms with Gasteiger partial charge in [-0.05, 0) is 43.2 Å². The van der Waals surface area contributed by atoms with Crippen molar-refractivity contribution in [1.29, 1.82) is 0 Å². The molecule has 1 atom stereocenters. The Kier molecular flexibility index (Phi) is 8.14. The fourth-order valence-electron chi connectivity index (χ4n) is 2.56. The molecule has 2 aromatic carbocycles. The van der Waals surface area contributed by atoms with Gasteiger partial charge in [0, 0.05) is 18.1 Å². The van der Waals surface area contributed by atoms with E-state index < -0.39 is 6.04 Å². The third-order valence-electron chi connectivity index (χ3n) is 4.06. The van der Waals surface area contributed by atoms with Crippen molar-refractivity contribution in [2.45, 2.75) is 32.9 Å². The third-order valence-corrected chi connectivity index (χ3v) is 4.30. The third kappa shape index (κ3) is 6.61. The highest BCUT2D eigenvalue weighted by atomic mass is 35.5. The summed E-state index contributed by atoms with van der Waals surface area (Å²) in [6.07, 6.45) is 0.831. The second-order valence-electron chi connectivity index (χ2n) is 6.22. The highest BCUT2D eigenvalue weighted by molar-refractivity contribution is 6.30. The molecule has 0 spiro atoms. The summed E-state index contributed by atoms with van der Waals surface area (Å²) in [4.78, 5) is 26.7. The number of carbonyl (C=O) groups excluding carboxylic acids is 2. The van der Waals surface area contributed by atoms with E-state index in [-0.39, 0.29) is 25.0 Å². The molecule has 144 valence electrons. The van der Waals surface area contributed by atoms with Crippen molar-refractivity contribution in [3.8, 4) is 5.75 Å². The number of rotatable bonds is 9. The van der Waals surface area contributed by atoms with Crippen molar-refractivity contribution in [3.05, 3.63) is 65.2 Å². The summed E-state index contributed by atoms with van der Waals surface area (Å²) in [5, 5.41) is 3.43. The zero-order valence-electron chi connectivity index (χ0n) is 15.7. The van der Waals surface area contributed by atoms with Crippen molar-refractivity contribution in [1.82, 2.24) is 10.2 Å². The first kappa shape index (κ1) is 20.8. The largest absolute Gasteiger partial charge is 0.484 e. The minimum absolute atomic E-state index is 0.143. The number of benzene rings is 2. The van der Waals surface area contributed by atoms with Crippen LogP contribution in [0.1, 0.15) is 25.8 Å². The first-order chi connectivity index (χ1) is 13.0. The van der Waals surface area contributed by atoms with E-state index in [4.69, 9.17) is 16.3 Å². The van der Waals surface area contributed by atoms with Crippen LogP contribution in [0.2, 0.25) is 5.02 Å². The van der Waals surface area contributed by atoms with Gasteiger partial charge in [0.2, 0.25) is 5.91 Å². The zero-order valence-corrected chi connectivity index (χ0v) is 16.4. The number of para-hydroxylation sites is 1. The Bertz CT molecular complexity index is 752. The van der Waals surface area contributed by atoms with Crippen LogP contribution in [-0.4, -0.2) is 35.9 Å². The maximum Gasteiger partial charge on any atom is 0.261 e. The van der Waals surface area contributed by atoms with Crippen LogP contribution in [0.25, 0.3) is 0 Å². The van der Waals surface area contributed by atoms with Crippen molar-refractivity contribution in [2.75, 3.05) is 13.2 Å². The van der Waals surface area contributed by atoms with E-state index in [0.717, 1.165) is 12.0 Å². The summed E-state index contributed by atoms with van der Waals surface area (Å²) in [5.74, 6) is 0.154. The Morgan fingerprint density at radius 3 is 2.56 bits per heavy atom. The molecule has 2 amide bonds. The quantitative estimate of drug-likeness (QED) is 0.713. The van der Waals surface area contributed by atoms with Crippen LogP contribution in [0.15, 0.2) is 54.6 Å². The SMILES string of the molecule is CCCNC(=O)[C@H](C)N(Cc1cccc(Cl)c1)C(=O)COc1ccccc1. The Hall–Kier alpha value is -2.53. The maximum absolute atomic E-state index is 12.8. The van der Waals surface area contributed by atoms with Gasteiger partial charge in [0.25, 0.3) is 5.91 Å². The molecule has 0 heterocycles. The number of carbonyl (C=O) groups is 2. The number of ether oxygens (including phenoxy) is 1. The summed E-state index contributed by atoms with van der Waals surface area (Å²) >= 11 is 6.05. The second kappa shape index (κ2) is 10.6. The van der Waals surface area contributed by atoms with Gasteiger partial charge < -0.3 is 15.0 Å². The summed E-state index contributed by atoms with van der Waals surface area (Å²) in [5.41, 5.74) is 0.853. The van der Waals surface area contributed by atoms with Crippen LogP contribution >= 0.6 is 11.6 Å². The Morgan fingerprint density at radius 2 is 1.89 bits per heavy atom. The number of amides is 2. The molecule has 0 aliphatic carbocycles. The number of nitrogens with one attached hydrogen (secondary N) is 1. The van der Waals surface area contributed by atoms with E-state index in [9.17, 15) is 9.59 Å². The molecule has 0 unspecified atom stereocenters. The topological polar surface area (TPSA) is 58.6 Å². The van der Waals surface area contributed by atoms with Crippen LogP contribution < -0.4 is 10.1 Å². The molecule has 0 bridgehead atoms. The van der Waals surface area contributed by atoms with Gasteiger partial charge >= 0.3 is 0 Å². The molecular formula is C21H25ClN2O3. The summed E-state index contributed by atoms with van der Waals surface area (Å²) in [6, 6.07) is 15.8. The highest BCUT2D eigenvalue weighted by Gasteiger charge is 2.26. The van der Waals surface area contributed by atoms with E-state index >= 15 is 0 Å². The molecule has 2 rings (SSSR count). The second-order valence-corrected chi connectivity index (χ2v) is 6.66. The number of hydrogen-bond donors (Lipinski definition) is 1. The monoisotopic (exact) mass is 388 g/mol. The fourth-order valence-corrected chi connectivity index (χ4v) is 2.77. The predicted molar refractivity (Wildman–Crippen MR) is 107 cm³/mol. The molecule has 0 radical (unpaired) electrons. The molecule has 0 saturated carbocycles. The van der Waals surface area contributed by atoms with Gasteiger partial charge in [0.1, 0.15) is 11.8 Å². The van der Waals surface area contributed by atoms with Crippen molar-refractivity contribution < 1.29 is 14.3 Å². The summed E-state index contributed by atoms with van der Waals surface area (Å²) in [7, 11) is 0. The molecule has 5 nitrogen and oxygen atoms in total. The van der Waals surface area contributed by atoms with Crippen molar-refractivity contribution in [2.24, 2.45) is 0 Å². The van der Waals surface area contributed by atoms with Crippen molar-refractivity contribution in [3.63, 3.8) is 0 Å². The van der Waals surface area contributed by atoms with Crippen LogP contribution in [-0.2, 0) is 16.1 Å². The fraction of sp³-hybridized carbons (Fsp3) is 0.333. The van der Waals surface area contributed by atoms with Crippen LogP contribution in [0.5, 0.6) is 5.75 Å². The van der Waals surface area contributed by atoms with E-state index in [0.29, 0.717) is 17.3 Å². The van der Waals surface area contributed by atoms with Crippen LogP contribution in [0.3, 0.4) is 0 Å².